The summed E-state index contributed by atoms with van der Waals surface area (Å²) in [5.41, 5.74) is 4.13. The second-order valence-electron chi connectivity index (χ2n) is 2.47. The fourth-order valence-electron chi connectivity index (χ4n) is 0.937. The van der Waals surface area contributed by atoms with E-state index < -0.39 is 23.6 Å². The van der Waals surface area contributed by atoms with Crippen LogP contribution in [0, 0.1) is 11.6 Å². The van der Waals surface area contributed by atoms with Gasteiger partial charge in [0.05, 0.1) is 5.56 Å². The number of hydrogen-bond acceptors (Lipinski definition) is 1. The van der Waals surface area contributed by atoms with Crippen LogP contribution in [0.4, 0.5) is 17.6 Å². The van der Waals surface area contributed by atoms with Gasteiger partial charge in [-0.15, -0.1) is 0 Å². The van der Waals surface area contributed by atoms with E-state index in [1.807, 2.05) is 0 Å². The molecule has 2 N–H and O–H groups in total. The van der Waals surface area contributed by atoms with E-state index in [0.717, 1.165) is 6.07 Å². The first-order chi connectivity index (χ1) is 6.06. The van der Waals surface area contributed by atoms with Gasteiger partial charge in [-0.3, -0.25) is 0 Å². The van der Waals surface area contributed by atoms with Crippen LogP contribution in [0.1, 0.15) is 17.6 Å². The van der Waals surface area contributed by atoms with Crippen molar-refractivity contribution in [3.63, 3.8) is 0 Å². The van der Waals surface area contributed by atoms with Crippen LogP contribution in [0.5, 0.6) is 0 Å². The fourth-order valence-corrected chi connectivity index (χ4v) is 0.937. The van der Waals surface area contributed by atoms with Gasteiger partial charge in [-0.25, -0.2) is 17.6 Å². The van der Waals surface area contributed by atoms with Gasteiger partial charge < -0.3 is 5.73 Å². The Morgan fingerprint density at radius 1 is 1.15 bits per heavy atom. The van der Waals surface area contributed by atoms with Gasteiger partial charge in [0.25, 0.3) is 6.43 Å². The highest BCUT2D eigenvalue weighted by molar-refractivity contribution is 5.27. The summed E-state index contributed by atoms with van der Waals surface area (Å²) < 4.78 is 49.5. The molecule has 0 saturated carbocycles. The van der Waals surface area contributed by atoms with Gasteiger partial charge in [0.1, 0.15) is 11.6 Å². The maximum atomic E-state index is 12.7. The molecule has 1 nitrogen and oxygen atoms in total. The number of halogens is 4. The smallest absolute Gasteiger partial charge is 0.266 e. The van der Waals surface area contributed by atoms with Crippen LogP contribution in [-0.4, -0.2) is 0 Å². The summed E-state index contributed by atoms with van der Waals surface area (Å²) in [7, 11) is 0. The van der Waals surface area contributed by atoms with E-state index in [9.17, 15) is 17.6 Å². The van der Waals surface area contributed by atoms with Crippen molar-refractivity contribution in [1.82, 2.24) is 0 Å². The van der Waals surface area contributed by atoms with Gasteiger partial charge in [0.2, 0.25) is 0 Å². The minimum Gasteiger partial charge on any atom is -0.326 e. The van der Waals surface area contributed by atoms with Crippen molar-refractivity contribution in [2.75, 3.05) is 0 Å². The van der Waals surface area contributed by atoms with Gasteiger partial charge in [-0.1, -0.05) is 0 Å². The standard InChI is InChI=1S/C8H7F4N/c9-6-2-7(10)5(8(11)12)1-4(6)3-13/h1-2,8H,3,13H2. The molecule has 0 heterocycles. The van der Waals surface area contributed by atoms with Crippen LogP contribution in [0.25, 0.3) is 0 Å². The monoisotopic (exact) mass is 193 g/mol. The molecule has 0 atom stereocenters. The Bertz CT molecular complexity index is 311. The molecule has 0 radical (unpaired) electrons. The Morgan fingerprint density at radius 2 is 1.77 bits per heavy atom. The summed E-state index contributed by atoms with van der Waals surface area (Å²) in [5, 5.41) is 0. The lowest BCUT2D eigenvalue weighted by Crippen LogP contribution is -2.03. The molecule has 0 fully saturated rings. The van der Waals surface area contributed by atoms with E-state index in [1.165, 1.54) is 0 Å². The van der Waals surface area contributed by atoms with Gasteiger partial charge in [-0.2, -0.15) is 0 Å². The molecule has 0 aliphatic carbocycles. The third-order valence-corrected chi connectivity index (χ3v) is 1.62. The number of alkyl halides is 2. The summed E-state index contributed by atoms with van der Waals surface area (Å²) in [5.74, 6) is -2.14. The van der Waals surface area contributed by atoms with Crippen molar-refractivity contribution in [1.29, 1.82) is 0 Å². The average molecular weight is 193 g/mol. The minimum atomic E-state index is -2.95. The van der Waals surface area contributed by atoms with Crippen LogP contribution in [0.3, 0.4) is 0 Å². The molecule has 5 heteroatoms. The van der Waals surface area contributed by atoms with Crippen molar-refractivity contribution in [2.24, 2.45) is 5.73 Å². The van der Waals surface area contributed by atoms with Gasteiger partial charge in [0.15, 0.2) is 0 Å². The van der Waals surface area contributed by atoms with E-state index in [4.69, 9.17) is 5.73 Å². The third-order valence-electron chi connectivity index (χ3n) is 1.62. The minimum absolute atomic E-state index is 0.114. The highest BCUT2D eigenvalue weighted by Gasteiger charge is 2.16. The molecule has 0 aliphatic rings. The number of nitrogens with two attached hydrogens (primary N) is 1. The molecule has 0 bridgehead atoms. The number of rotatable bonds is 2. The van der Waals surface area contributed by atoms with E-state index in [2.05, 4.69) is 0 Å². The zero-order valence-electron chi connectivity index (χ0n) is 6.53. The van der Waals surface area contributed by atoms with Crippen molar-refractivity contribution in [3.8, 4) is 0 Å². The second-order valence-corrected chi connectivity index (χ2v) is 2.47. The quantitative estimate of drug-likeness (QED) is 0.717. The summed E-state index contributed by atoms with van der Waals surface area (Å²) in [6.07, 6.45) is -2.95. The van der Waals surface area contributed by atoms with Crippen molar-refractivity contribution in [2.45, 2.75) is 13.0 Å². The molecule has 0 aliphatic heterocycles. The molecule has 72 valence electrons. The molecule has 0 spiro atoms. The van der Waals surface area contributed by atoms with Gasteiger partial charge in [-0.05, 0) is 6.07 Å². The lowest BCUT2D eigenvalue weighted by atomic mass is 10.1. The first-order valence-electron chi connectivity index (χ1n) is 3.52. The summed E-state index contributed by atoms with van der Waals surface area (Å²) in [4.78, 5) is 0. The van der Waals surface area contributed by atoms with Gasteiger partial charge in [0, 0.05) is 18.2 Å². The van der Waals surface area contributed by atoms with Crippen LogP contribution in [0.15, 0.2) is 12.1 Å². The lowest BCUT2D eigenvalue weighted by Gasteiger charge is -2.05. The molecule has 0 amide bonds. The Labute approximate surface area is 72.2 Å². The SMILES string of the molecule is NCc1cc(C(F)F)c(F)cc1F. The first kappa shape index (κ1) is 9.98. The Balaban J connectivity index is 3.22. The fraction of sp³-hybridized carbons (Fsp3) is 0.250. The van der Waals surface area contributed by atoms with Crippen LogP contribution < -0.4 is 5.73 Å². The van der Waals surface area contributed by atoms with Gasteiger partial charge >= 0.3 is 0 Å². The maximum absolute atomic E-state index is 12.7. The molecule has 0 saturated heterocycles. The molecule has 1 aromatic carbocycles. The third kappa shape index (κ3) is 1.98. The Kier molecular flexibility index (Phi) is 2.87. The first-order valence-corrected chi connectivity index (χ1v) is 3.52. The molecule has 1 aromatic rings. The number of benzene rings is 1. The van der Waals surface area contributed by atoms with E-state index in [0.29, 0.717) is 6.07 Å². The Morgan fingerprint density at radius 3 is 2.23 bits per heavy atom. The predicted molar refractivity (Wildman–Crippen MR) is 39.2 cm³/mol. The van der Waals surface area contributed by atoms with Crippen molar-refractivity contribution < 1.29 is 17.6 Å². The van der Waals surface area contributed by atoms with Crippen LogP contribution >= 0.6 is 0 Å². The lowest BCUT2D eigenvalue weighted by molar-refractivity contribution is 0.146. The predicted octanol–water partition coefficient (Wildman–Crippen LogP) is 2.36. The summed E-state index contributed by atoms with van der Waals surface area (Å²) in [6, 6.07) is 1.17. The van der Waals surface area contributed by atoms with E-state index in [-0.39, 0.29) is 12.1 Å². The zero-order valence-corrected chi connectivity index (χ0v) is 6.53. The molecule has 0 unspecified atom stereocenters. The van der Waals surface area contributed by atoms with Crippen LogP contribution in [0.2, 0.25) is 0 Å². The molecule has 13 heavy (non-hydrogen) atoms. The highest BCUT2D eigenvalue weighted by atomic mass is 19.3. The second kappa shape index (κ2) is 3.74. The normalized spacial score (nSPS) is 10.9. The van der Waals surface area contributed by atoms with Crippen molar-refractivity contribution >= 4 is 0 Å². The summed E-state index contributed by atoms with van der Waals surface area (Å²) in [6.45, 7) is -0.230. The Hall–Kier alpha value is -1.10. The average Bonchev–Trinajstić information content (AvgIpc) is 2.03. The van der Waals surface area contributed by atoms with E-state index in [1.54, 1.807) is 0 Å². The maximum Gasteiger partial charge on any atom is 0.266 e. The molecular weight excluding hydrogens is 186 g/mol. The summed E-state index contributed by atoms with van der Waals surface area (Å²) >= 11 is 0. The van der Waals surface area contributed by atoms with Crippen LogP contribution in [-0.2, 0) is 6.54 Å². The molecular formula is C8H7F4N. The molecule has 1 rings (SSSR count). The van der Waals surface area contributed by atoms with E-state index >= 15 is 0 Å². The zero-order chi connectivity index (χ0) is 10.0. The largest absolute Gasteiger partial charge is 0.326 e. The molecule has 0 aromatic heterocycles. The van der Waals surface area contributed by atoms with Crippen molar-refractivity contribution in [3.05, 3.63) is 34.9 Å². The number of hydrogen-bond donors (Lipinski definition) is 1. The highest BCUT2D eigenvalue weighted by Crippen LogP contribution is 2.24. The topological polar surface area (TPSA) is 26.0 Å².